The summed E-state index contributed by atoms with van der Waals surface area (Å²) < 4.78 is 2.47. The molecule has 0 aromatic heterocycles. The monoisotopic (exact) mass is 896 g/mol. The standard InChI is InChI=1S/3C18H37Si.Cr/c3*1-4-7-15-19(16-8-5-2,17-9-6-3)18-13-11-10-12-14-18;/h3*4-17H2,1-3H3;. The van der Waals surface area contributed by atoms with Gasteiger partial charge >= 0.3 is 379 Å². The van der Waals surface area contributed by atoms with Crippen LogP contribution in [0.15, 0.2) is 0 Å². The van der Waals surface area contributed by atoms with E-state index in [4.69, 9.17) is 0 Å². The molecular weight excluding hydrogens is 785 g/mol. The van der Waals surface area contributed by atoms with Gasteiger partial charge in [-0.1, -0.05) is 0 Å². The Balaban J connectivity index is 2.78. The minimum absolute atomic E-state index is 0.825. The number of hydrogen-bond acceptors (Lipinski definition) is 0. The number of hydrogen-bond donors (Lipinski definition) is 0. The van der Waals surface area contributed by atoms with Crippen molar-refractivity contribution in [2.45, 2.75) is 340 Å². The van der Waals surface area contributed by atoms with Gasteiger partial charge in [-0.05, 0) is 0 Å². The van der Waals surface area contributed by atoms with E-state index in [2.05, 4.69) is 62.3 Å². The van der Waals surface area contributed by atoms with Gasteiger partial charge in [0.25, 0.3) is 0 Å². The summed E-state index contributed by atoms with van der Waals surface area (Å²) in [7, 11) is -5.03. The van der Waals surface area contributed by atoms with Crippen LogP contribution in [0.2, 0.25) is 66.1 Å². The molecule has 0 amide bonds. The van der Waals surface area contributed by atoms with Crippen molar-refractivity contribution in [3.05, 3.63) is 0 Å². The minimum atomic E-state index is -1.68. The van der Waals surface area contributed by atoms with Crippen molar-refractivity contribution >= 4 is 24.2 Å². The normalized spacial score (nSPS) is 20.2. The van der Waals surface area contributed by atoms with Crippen LogP contribution in [0.5, 0.6) is 0 Å². The van der Waals surface area contributed by atoms with Crippen LogP contribution in [0, 0.1) is 0 Å². The van der Waals surface area contributed by atoms with Crippen LogP contribution in [0.25, 0.3) is 0 Å². The average molecular weight is 897 g/mol. The van der Waals surface area contributed by atoms with Crippen LogP contribution in [0.3, 0.4) is 0 Å². The third-order valence-corrected chi connectivity index (χ3v) is 51.4. The second kappa shape index (κ2) is 28.2. The first-order valence-electron chi connectivity index (χ1n) is 28.0. The first kappa shape index (κ1) is 53.5. The van der Waals surface area contributed by atoms with E-state index in [0.29, 0.717) is 0 Å². The van der Waals surface area contributed by atoms with E-state index in [1.54, 1.807) is 208 Å². The molecule has 0 heterocycles. The summed E-state index contributed by atoms with van der Waals surface area (Å²) in [5.74, 6) is 0. The summed E-state index contributed by atoms with van der Waals surface area (Å²) >= 11 is -1.20. The van der Waals surface area contributed by atoms with Crippen molar-refractivity contribution in [3.63, 3.8) is 0 Å². The SMILES string of the molecule is CCCC[Si](CCCC)(CCCC)[C]1([Cr]([C]2([Si](CCCC)(CCCC)CCCC)CCCCC2)[C]2([Si](CCCC)(CCCC)CCCC)CCCCC2)CCCCC1. The molecule has 3 aliphatic rings. The first-order chi connectivity index (χ1) is 28.3. The number of unbranched alkanes of at least 4 members (excludes halogenated alkanes) is 9. The Morgan fingerprint density at radius 2 is 0.414 bits per heavy atom. The molecule has 0 atom stereocenters. The summed E-state index contributed by atoms with van der Waals surface area (Å²) in [6, 6.07) is 15.7. The van der Waals surface area contributed by atoms with Gasteiger partial charge in [0.1, 0.15) is 0 Å². The molecule has 0 aromatic rings. The molecule has 3 aliphatic carbocycles. The molecule has 4 heteroatoms. The Labute approximate surface area is 376 Å². The molecule has 0 N–H and O–H groups in total. The van der Waals surface area contributed by atoms with Crippen LogP contribution in [0.1, 0.15) is 274 Å². The molecule has 0 radical (unpaired) electrons. The quantitative estimate of drug-likeness (QED) is 0.0576. The zero-order chi connectivity index (χ0) is 42.3. The first-order valence-corrected chi connectivity index (χ1v) is 37.8. The molecule has 0 unspecified atom stereocenters. The Morgan fingerprint density at radius 1 is 0.259 bits per heavy atom. The summed E-state index contributed by atoms with van der Waals surface area (Å²) in [5.41, 5.74) is 0. The van der Waals surface area contributed by atoms with Gasteiger partial charge in [-0.3, -0.25) is 0 Å². The van der Waals surface area contributed by atoms with Gasteiger partial charge in [0, 0.05) is 0 Å². The van der Waals surface area contributed by atoms with E-state index in [1.807, 2.05) is 0 Å². The molecule has 0 bridgehead atoms. The van der Waals surface area contributed by atoms with Gasteiger partial charge in [0.2, 0.25) is 0 Å². The molecule has 3 saturated carbocycles. The third kappa shape index (κ3) is 12.3. The zero-order valence-electron chi connectivity index (χ0n) is 42.1. The molecule has 3 rings (SSSR count). The molecule has 0 aliphatic heterocycles. The van der Waals surface area contributed by atoms with Gasteiger partial charge in [0.05, 0.1) is 0 Å². The maximum absolute atomic E-state index is 2.60. The summed E-state index contributed by atoms with van der Waals surface area (Å²) in [5, 5.41) is 0. The van der Waals surface area contributed by atoms with Crippen molar-refractivity contribution in [2.24, 2.45) is 0 Å². The van der Waals surface area contributed by atoms with E-state index < -0.39 is 38.4 Å². The van der Waals surface area contributed by atoms with Crippen LogP contribution >= 0.6 is 0 Å². The Hall–Kier alpha value is 1.18. The van der Waals surface area contributed by atoms with Gasteiger partial charge < -0.3 is 0 Å². The Kier molecular flexibility index (Phi) is 26.0. The van der Waals surface area contributed by atoms with Crippen LogP contribution in [-0.4, -0.2) is 24.2 Å². The van der Waals surface area contributed by atoms with Crippen molar-refractivity contribution < 1.29 is 14.1 Å². The van der Waals surface area contributed by atoms with E-state index in [0.717, 1.165) is 11.7 Å². The van der Waals surface area contributed by atoms with Gasteiger partial charge in [-0.15, -0.1) is 0 Å². The fourth-order valence-corrected chi connectivity index (χ4v) is 59.6. The summed E-state index contributed by atoms with van der Waals surface area (Å²) in [6.07, 6.45) is 52.3. The molecule has 58 heavy (non-hydrogen) atoms. The summed E-state index contributed by atoms with van der Waals surface area (Å²) in [4.78, 5) is 0. The zero-order valence-corrected chi connectivity index (χ0v) is 46.4. The van der Waals surface area contributed by atoms with Gasteiger partial charge in [-0.2, -0.15) is 0 Å². The fourth-order valence-electron chi connectivity index (χ4n) is 15.2. The summed E-state index contributed by atoms with van der Waals surface area (Å²) in [6.45, 7) is 23.4. The van der Waals surface area contributed by atoms with Crippen LogP contribution in [0.4, 0.5) is 0 Å². The van der Waals surface area contributed by atoms with Crippen molar-refractivity contribution in [2.75, 3.05) is 0 Å². The van der Waals surface area contributed by atoms with E-state index in [9.17, 15) is 0 Å². The molecule has 0 nitrogen and oxygen atoms in total. The second-order valence-electron chi connectivity index (χ2n) is 21.7. The van der Waals surface area contributed by atoms with E-state index in [1.165, 1.54) is 57.8 Å². The van der Waals surface area contributed by atoms with E-state index >= 15 is 0 Å². The Morgan fingerprint density at radius 3 is 0.552 bits per heavy atom. The Bertz CT molecular complexity index is 828. The van der Waals surface area contributed by atoms with Crippen molar-refractivity contribution in [1.29, 1.82) is 0 Å². The maximum atomic E-state index is 2.60. The molecule has 0 spiro atoms. The fraction of sp³-hybridized carbons (Fsp3) is 1.00. The molecule has 0 saturated heterocycles. The van der Waals surface area contributed by atoms with Gasteiger partial charge in [-0.25, -0.2) is 0 Å². The molecule has 3 fully saturated rings. The predicted molar refractivity (Wildman–Crippen MR) is 272 cm³/mol. The molecule has 0 aromatic carbocycles. The second-order valence-corrected chi connectivity index (χ2v) is 43.2. The molecule has 345 valence electrons. The third-order valence-electron chi connectivity index (χ3n) is 18.1. The van der Waals surface area contributed by atoms with Crippen LogP contribution < -0.4 is 0 Å². The van der Waals surface area contributed by atoms with E-state index in [-0.39, 0.29) is 0 Å². The average Bonchev–Trinajstić information content (AvgIpc) is 3.26. The van der Waals surface area contributed by atoms with Crippen LogP contribution in [-0.2, 0) is 14.1 Å². The number of rotatable bonds is 33. The van der Waals surface area contributed by atoms with Crippen molar-refractivity contribution in [1.82, 2.24) is 0 Å². The topological polar surface area (TPSA) is 0 Å². The predicted octanol–water partition coefficient (Wildman–Crippen LogP) is 21.1. The molecular formula is C54H111CrSi3. The van der Waals surface area contributed by atoms with Gasteiger partial charge in [0.15, 0.2) is 0 Å². The van der Waals surface area contributed by atoms with Crippen molar-refractivity contribution in [3.8, 4) is 0 Å².